The Morgan fingerprint density at radius 1 is 1.52 bits per heavy atom. The van der Waals surface area contributed by atoms with E-state index in [1.54, 1.807) is 11.7 Å². The fourth-order valence-electron chi connectivity index (χ4n) is 3.31. The van der Waals surface area contributed by atoms with Gasteiger partial charge in [-0.05, 0) is 30.6 Å². The third kappa shape index (κ3) is 3.64. The lowest BCUT2D eigenvalue weighted by molar-refractivity contribution is -0.0493. The Balaban J connectivity index is 2.07. The molecule has 3 unspecified atom stereocenters. The monoisotopic (exact) mass is 294 g/mol. The largest absolute Gasteiger partial charge is 0.478 e. The summed E-state index contributed by atoms with van der Waals surface area (Å²) in [6.45, 7) is 7.06. The van der Waals surface area contributed by atoms with Gasteiger partial charge in [0.15, 0.2) is 0 Å². The SMILES string of the molecule is CC1CCC(C(C)C)C(OCc2c(C(=O)O)cnn2C)C1. The van der Waals surface area contributed by atoms with Crippen molar-refractivity contribution in [2.24, 2.45) is 24.8 Å². The number of aromatic carboxylic acids is 1. The summed E-state index contributed by atoms with van der Waals surface area (Å²) >= 11 is 0. The van der Waals surface area contributed by atoms with Gasteiger partial charge in [-0.3, -0.25) is 4.68 Å². The van der Waals surface area contributed by atoms with E-state index in [0.29, 0.717) is 30.1 Å². The standard InChI is InChI=1S/C16H26N2O3/c1-10(2)12-6-5-11(3)7-15(12)21-9-14-13(16(19)20)8-17-18(14)4/h8,10-12,15H,5-7,9H2,1-4H3,(H,19,20). The van der Waals surface area contributed by atoms with E-state index in [9.17, 15) is 9.90 Å². The minimum absolute atomic E-state index is 0.213. The molecule has 0 spiro atoms. The molecular formula is C16H26N2O3. The van der Waals surface area contributed by atoms with Crippen molar-refractivity contribution >= 4 is 5.97 Å². The number of carboxylic acid groups (broad SMARTS) is 1. The molecule has 0 amide bonds. The molecule has 0 radical (unpaired) electrons. The maximum Gasteiger partial charge on any atom is 0.339 e. The Morgan fingerprint density at radius 2 is 2.24 bits per heavy atom. The Labute approximate surface area is 126 Å². The van der Waals surface area contributed by atoms with E-state index in [4.69, 9.17) is 4.74 Å². The van der Waals surface area contributed by atoms with Gasteiger partial charge in [0.1, 0.15) is 5.56 Å². The van der Waals surface area contributed by atoms with Gasteiger partial charge in [-0.2, -0.15) is 5.10 Å². The van der Waals surface area contributed by atoms with Crippen molar-refractivity contribution in [1.29, 1.82) is 0 Å². The van der Waals surface area contributed by atoms with Crippen molar-refractivity contribution in [2.45, 2.75) is 52.7 Å². The highest BCUT2D eigenvalue weighted by atomic mass is 16.5. The molecule has 1 aromatic rings. The van der Waals surface area contributed by atoms with Gasteiger partial charge >= 0.3 is 5.97 Å². The van der Waals surface area contributed by atoms with E-state index in [1.165, 1.54) is 19.0 Å². The molecule has 5 heteroatoms. The van der Waals surface area contributed by atoms with Crippen LogP contribution in [0.25, 0.3) is 0 Å². The summed E-state index contributed by atoms with van der Waals surface area (Å²) < 4.78 is 7.72. The van der Waals surface area contributed by atoms with Crippen LogP contribution in [0.2, 0.25) is 0 Å². The molecule has 1 fully saturated rings. The van der Waals surface area contributed by atoms with Gasteiger partial charge in [0, 0.05) is 7.05 Å². The van der Waals surface area contributed by atoms with Crippen LogP contribution in [0.1, 0.15) is 56.1 Å². The Bertz CT molecular complexity index is 496. The van der Waals surface area contributed by atoms with Crippen LogP contribution in [0.3, 0.4) is 0 Å². The zero-order valence-electron chi connectivity index (χ0n) is 13.4. The highest BCUT2D eigenvalue weighted by molar-refractivity contribution is 5.88. The maximum absolute atomic E-state index is 11.2. The number of hydrogen-bond donors (Lipinski definition) is 1. The normalized spacial score (nSPS) is 26.2. The maximum atomic E-state index is 11.2. The number of hydrogen-bond acceptors (Lipinski definition) is 3. The molecule has 21 heavy (non-hydrogen) atoms. The second-order valence-corrected chi connectivity index (χ2v) is 6.61. The lowest BCUT2D eigenvalue weighted by atomic mass is 9.75. The predicted molar refractivity (Wildman–Crippen MR) is 80.1 cm³/mol. The van der Waals surface area contributed by atoms with Crippen LogP contribution in [0.15, 0.2) is 6.20 Å². The molecule has 1 aliphatic carbocycles. The lowest BCUT2D eigenvalue weighted by Crippen LogP contribution is -2.34. The van der Waals surface area contributed by atoms with Crippen LogP contribution in [0.5, 0.6) is 0 Å². The molecule has 1 aromatic heterocycles. The van der Waals surface area contributed by atoms with Gasteiger partial charge in [-0.25, -0.2) is 4.79 Å². The number of aromatic nitrogens is 2. The summed E-state index contributed by atoms with van der Waals surface area (Å²) in [5, 5.41) is 13.2. The van der Waals surface area contributed by atoms with Gasteiger partial charge in [-0.1, -0.05) is 27.2 Å². The van der Waals surface area contributed by atoms with E-state index >= 15 is 0 Å². The highest BCUT2D eigenvalue weighted by Crippen LogP contribution is 2.35. The Morgan fingerprint density at radius 3 is 2.86 bits per heavy atom. The molecular weight excluding hydrogens is 268 g/mol. The zero-order valence-corrected chi connectivity index (χ0v) is 13.4. The summed E-state index contributed by atoms with van der Waals surface area (Å²) in [4.78, 5) is 11.2. The second-order valence-electron chi connectivity index (χ2n) is 6.61. The summed E-state index contributed by atoms with van der Waals surface area (Å²) in [6.07, 6.45) is 5.12. The Hall–Kier alpha value is -1.36. The molecule has 0 bridgehead atoms. The summed E-state index contributed by atoms with van der Waals surface area (Å²) in [5.41, 5.74) is 0.880. The number of aryl methyl sites for hydroxylation is 1. The van der Waals surface area contributed by atoms with Crippen molar-refractivity contribution in [2.75, 3.05) is 0 Å². The minimum atomic E-state index is -0.945. The number of carbonyl (C=O) groups is 1. The third-order valence-corrected chi connectivity index (χ3v) is 4.69. The zero-order chi connectivity index (χ0) is 15.6. The molecule has 5 nitrogen and oxygen atoms in total. The number of rotatable bonds is 5. The molecule has 0 saturated heterocycles. The van der Waals surface area contributed by atoms with Crippen LogP contribution >= 0.6 is 0 Å². The first-order chi connectivity index (χ1) is 9.90. The number of carboxylic acids is 1. The molecule has 2 rings (SSSR count). The van der Waals surface area contributed by atoms with E-state index < -0.39 is 5.97 Å². The van der Waals surface area contributed by atoms with E-state index in [2.05, 4.69) is 25.9 Å². The van der Waals surface area contributed by atoms with Gasteiger partial charge in [-0.15, -0.1) is 0 Å². The van der Waals surface area contributed by atoms with Crippen molar-refractivity contribution in [3.05, 3.63) is 17.5 Å². The predicted octanol–water partition coefficient (Wildman–Crippen LogP) is 3.10. The molecule has 0 aromatic carbocycles. The van der Waals surface area contributed by atoms with Crippen molar-refractivity contribution in [3.63, 3.8) is 0 Å². The van der Waals surface area contributed by atoms with Crippen LogP contribution in [-0.4, -0.2) is 27.0 Å². The quantitative estimate of drug-likeness (QED) is 0.906. The fraction of sp³-hybridized carbons (Fsp3) is 0.750. The molecule has 1 saturated carbocycles. The van der Waals surface area contributed by atoms with Crippen LogP contribution in [-0.2, 0) is 18.4 Å². The number of nitrogens with zero attached hydrogens (tertiary/aromatic N) is 2. The number of ether oxygens (including phenoxy) is 1. The summed E-state index contributed by atoms with van der Waals surface area (Å²) in [6, 6.07) is 0. The van der Waals surface area contributed by atoms with Crippen LogP contribution < -0.4 is 0 Å². The molecule has 1 aliphatic rings. The van der Waals surface area contributed by atoms with Gasteiger partial charge < -0.3 is 9.84 Å². The van der Waals surface area contributed by atoms with Crippen molar-refractivity contribution in [1.82, 2.24) is 9.78 Å². The average Bonchev–Trinajstić information content (AvgIpc) is 2.77. The third-order valence-electron chi connectivity index (χ3n) is 4.69. The van der Waals surface area contributed by atoms with E-state index in [0.717, 1.165) is 6.42 Å². The average molecular weight is 294 g/mol. The molecule has 1 N–H and O–H groups in total. The van der Waals surface area contributed by atoms with Gasteiger partial charge in [0.2, 0.25) is 0 Å². The van der Waals surface area contributed by atoms with E-state index in [-0.39, 0.29) is 11.7 Å². The molecule has 0 aliphatic heterocycles. The lowest BCUT2D eigenvalue weighted by Gasteiger charge is -2.37. The fourth-order valence-corrected chi connectivity index (χ4v) is 3.31. The molecule has 118 valence electrons. The first-order valence-corrected chi connectivity index (χ1v) is 7.76. The van der Waals surface area contributed by atoms with Crippen molar-refractivity contribution < 1.29 is 14.6 Å². The Kier molecular flexibility index (Phi) is 5.04. The molecule has 3 atom stereocenters. The topological polar surface area (TPSA) is 64.3 Å². The van der Waals surface area contributed by atoms with Crippen LogP contribution in [0.4, 0.5) is 0 Å². The highest BCUT2D eigenvalue weighted by Gasteiger charge is 2.31. The second kappa shape index (κ2) is 6.60. The van der Waals surface area contributed by atoms with Crippen LogP contribution in [0, 0.1) is 17.8 Å². The first-order valence-electron chi connectivity index (χ1n) is 7.76. The van der Waals surface area contributed by atoms with E-state index in [1.807, 2.05) is 0 Å². The van der Waals surface area contributed by atoms with Gasteiger partial charge in [0.05, 0.1) is 24.6 Å². The molecule has 1 heterocycles. The first kappa shape index (κ1) is 16.0. The van der Waals surface area contributed by atoms with Crippen molar-refractivity contribution in [3.8, 4) is 0 Å². The smallest absolute Gasteiger partial charge is 0.339 e. The minimum Gasteiger partial charge on any atom is -0.478 e. The summed E-state index contributed by atoms with van der Waals surface area (Å²) in [5.74, 6) is 0.880. The van der Waals surface area contributed by atoms with Gasteiger partial charge in [0.25, 0.3) is 0 Å². The summed E-state index contributed by atoms with van der Waals surface area (Å²) in [7, 11) is 1.76.